The first-order chi connectivity index (χ1) is 20.7. The van der Waals surface area contributed by atoms with Crippen molar-refractivity contribution in [3.8, 4) is 71.0 Å². The third kappa shape index (κ3) is 32.2. The minimum absolute atomic E-state index is 0.201. The van der Waals surface area contributed by atoms with Gasteiger partial charge in [0.2, 0.25) is 0 Å². The number of aliphatic imine (C=N–C) groups is 1. The standard InChI is InChI=1S/C37H47NO4/c1-3-5-7-8-9-10-11-12-13-14-15-16-17-18-19-20-21-22-23-24-25-26-27-28-29-30-31-32-34-42-37(40)38-35-36(39)41-33-6-4-2/h35H,3-17,30-34H2,1-2H3. The van der Waals surface area contributed by atoms with Gasteiger partial charge in [0.15, 0.2) is 0 Å². The molecule has 5 nitrogen and oxygen atoms in total. The van der Waals surface area contributed by atoms with Gasteiger partial charge < -0.3 is 9.47 Å². The Kier molecular flexibility index (Phi) is 30.0. The molecule has 0 rings (SSSR count). The topological polar surface area (TPSA) is 65.0 Å². The van der Waals surface area contributed by atoms with E-state index < -0.39 is 12.1 Å². The van der Waals surface area contributed by atoms with E-state index in [1.807, 2.05) is 6.92 Å². The Morgan fingerprint density at radius 2 is 0.905 bits per heavy atom. The Balaban J connectivity index is 3.77. The molecule has 1 amide bonds. The number of esters is 1. The number of ether oxygens (including phenoxy) is 2. The first kappa shape index (κ1) is 38.0. The summed E-state index contributed by atoms with van der Waals surface area (Å²) >= 11 is 0. The van der Waals surface area contributed by atoms with Crippen LogP contribution >= 0.6 is 0 Å². The summed E-state index contributed by atoms with van der Waals surface area (Å²) in [6, 6.07) is 0. The molecule has 0 aromatic rings. The van der Waals surface area contributed by atoms with E-state index in [0.29, 0.717) is 19.4 Å². The highest BCUT2D eigenvalue weighted by atomic mass is 16.5. The van der Waals surface area contributed by atoms with Crippen molar-refractivity contribution in [3.05, 3.63) is 0 Å². The average Bonchev–Trinajstić information content (AvgIpc) is 2.99. The van der Waals surface area contributed by atoms with Crippen molar-refractivity contribution >= 4 is 18.3 Å². The SMILES string of the molecule is CCCCCCCCCCCCCCC#CC#CC#CC#CC#CC#CCCCCOC(=O)N=CC(=O)OCCCC. The van der Waals surface area contributed by atoms with Crippen molar-refractivity contribution in [2.45, 2.75) is 129 Å². The fourth-order valence-electron chi connectivity index (χ4n) is 3.49. The number of unbranched alkanes of at least 4 members (excludes halogenated alkanes) is 15. The average molecular weight is 570 g/mol. The summed E-state index contributed by atoms with van der Waals surface area (Å²) < 4.78 is 9.76. The summed E-state index contributed by atoms with van der Waals surface area (Å²) in [6.07, 6.45) is 20.7. The Bertz CT molecular complexity index is 1140. The predicted octanol–water partition coefficient (Wildman–Crippen LogP) is 7.82. The molecule has 0 unspecified atom stereocenters. The molecule has 0 aliphatic heterocycles. The van der Waals surface area contributed by atoms with Crippen LogP contribution in [0.3, 0.4) is 0 Å². The van der Waals surface area contributed by atoms with Gasteiger partial charge in [-0.1, -0.05) is 103 Å². The number of rotatable bonds is 20. The van der Waals surface area contributed by atoms with Crippen LogP contribution in [0.1, 0.15) is 129 Å². The molecule has 0 aliphatic carbocycles. The van der Waals surface area contributed by atoms with Gasteiger partial charge in [-0.05, 0) is 84.9 Å². The highest BCUT2D eigenvalue weighted by Gasteiger charge is 2.02. The lowest BCUT2D eigenvalue weighted by molar-refractivity contribution is -0.135. The molecule has 0 N–H and O–H groups in total. The predicted molar refractivity (Wildman–Crippen MR) is 172 cm³/mol. The number of amides is 1. The molecule has 0 heterocycles. The highest BCUT2D eigenvalue weighted by molar-refractivity contribution is 6.24. The number of carbonyl (C=O) groups excluding carboxylic acids is 2. The Morgan fingerprint density at radius 1 is 0.500 bits per heavy atom. The van der Waals surface area contributed by atoms with E-state index in [1.165, 1.54) is 70.6 Å². The fraction of sp³-hybridized carbons (Fsp3) is 0.595. The summed E-state index contributed by atoms with van der Waals surface area (Å²) in [4.78, 5) is 26.1. The lowest BCUT2D eigenvalue weighted by atomic mass is 10.0. The molecule has 0 saturated heterocycles. The van der Waals surface area contributed by atoms with Crippen LogP contribution in [0.5, 0.6) is 0 Å². The van der Waals surface area contributed by atoms with Crippen LogP contribution in [0.25, 0.3) is 0 Å². The maximum atomic E-state index is 11.4. The van der Waals surface area contributed by atoms with Crippen molar-refractivity contribution in [2.24, 2.45) is 4.99 Å². The molecule has 0 fully saturated rings. The number of hydrogen-bond donors (Lipinski definition) is 0. The van der Waals surface area contributed by atoms with Crippen LogP contribution in [0, 0.1) is 71.0 Å². The van der Waals surface area contributed by atoms with E-state index in [9.17, 15) is 9.59 Å². The zero-order valence-electron chi connectivity index (χ0n) is 25.8. The molecule has 0 aromatic heterocycles. The molecule has 5 heteroatoms. The maximum Gasteiger partial charge on any atom is 0.433 e. The third-order valence-corrected chi connectivity index (χ3v) is 5.83. The number of nitrogens with zero attached hydrogens (tertiary/aromatic N) is 1. The number of carbonyl (C=O) groups is 2. The lowest BCUT2D eigenvalue weighted by Gasteiger charge is -2.01. The van der Waals surface area contributed by atoms with E-state index in [-0.39, 0.29) is 6.61 Å². The smallest absolute Gasteiger partial charge is 0.433 e. The van der Waals surface area contributed by atoms with Gasteiger partial charge in [-0.25, -0.2) is 9.59 Å². The number of hydrogen-bond acceptors (Lipinski definition) is 4. The van der Waals surface area contributed by atoms with E-state index >= 15 is 0 Å². The van der Waals surface area contributed by atoms with Crippen molar-refractivity contribution in [1.82, 2.24) is 0 Å². The zero-order valence-corrected chi connectivity index (χ0v) is 25.8. The third-order valence-electron chi connectivity index (χ3n) is 5.83. The molecule has 224 valence electrons. The van der Waals surface area contributed by atoms with Crippen LogP contribution in [0.2, 0.25) is 0 Å². The van der Waals surface area contributed by atoms with Gasteiger partial charge in [-0.3, -0.25) is 0 Å². The Hall–Kier alpha value is -4.03. The monoisotopic (exact) mass is 569 g/mol. The van der Waals surface area contributed by atoms with Gasteiger partial charge in [-0.15, -0.1) is 0 Å². The molecule has 0 aliphatic rings. The fourth-order valence-corrected chi connectivity index (χ4v) is 3.49. The highest BCUT2D eigenvalue weighted by Crippen LogP contribution is 2.12. The van der Waals surface area contributed by atoms with E-state index in [0.717, 1.165) is 38.3 Å². The van der Waals surface area contributed by atoms with Crippen molar-refractivity contribution < 1.29 is 19.1 Å². The molecule has 0 aromatic carbocycles. The second kappa shape index (κ2) is 33.2. The quantitative estimate of drug-likeness (QED) is 0.0649. The normalized spacial score (nSPS) is 9.10. The molecule has 0 spiro atoms. The van der Waals surface area contributed by atoms with Crippen LogP contribution < -0.4 is 0 Å². The van der Waals surface area contributed by atoms with Gasteiger partial charge in [-0.2, -0.15) is 4.99 Å². The van der Waals surface area contributed by atoms with Crippen LogP contribution in [-0.4, -0.2) is 31.5 Å². The van der Waals surface area contributed by atoms with Crippen molar-refractivity contribution in [1.29, 1.82) is 0 Å². The van der Waals surface area contributed by atoms with Gasteiger partial charge in [0, 0.05) is 12.8 Å². The Labute approximate surface area is 255 Å². The largest absolute Gasteiger partial charge is 0.461 e. The van der Waals surface area contributed by atoms with E-state index in [2.05, 4.69) is 83.0 Å². The minimum atomic E-state index is -0.815. The van der Waals surface area contributed by atoms with Gasteiger partial charge in [0.05, 0.1) is 13.2 Å². The minimum Gasteiger partial charge on any atom is -0.461 e. The van der Waals surface area contributed by atoms with Gasteiger partial charge in [0.1, 0.15) is 6.21 Å². The second-order valence-corrected chi connectivity index (χ2v) is 9.59. The molecular weight excluding hydrogens is 522 g/mol. The van der Waals surface area contributed by atoms with Crippen LogP contribution in [-0.2, 0) is 14.3 Å². The van der Waals surface area contributed by atoms with Gasteiger partial charge in [0.25, 0.3) is 0 Å². The molecule has 0 bridgehead atoms. The summed E-state index contributed by atoms with van der Waals surface area (Å²) in [6.45, 7) is 4.76. The van der Waals surface area contributed by atoms with Crippen molar-refractivity contribution in [2.75, 3.05) is 13.2 Å². The lowest BCUT2D eigenvalue weighted by Crippen LogP contribution is -2.09. The molecule has 42 heavy (non-hydrogen) atoms. The molecule has 0 saturated carbocycles. The zero-order chi connectivity index (χ0) is 30.6. The molecular formula is C37H47NO4. The molecule has 0 radical (unpaired) electrons. The van der Waals surface area contributed by atoms with Crippen LogP contribution in [0.4, 0.5) is 4.79 Å². The first-order valence-corrected chi connectivity index (χ1v) is 15.5. The first-order valence-electron chi connectivity index (χ1n) is 15.5. The van der Waals surface area contributed by atoms with E-state index in [1.54, 1.807) is 0 Å². The maximum absolute atomic E-state index is 11.4. The van der Waals surface area contributed by atoms with Crippen LogP contribution in [0.15, 0.2) is 4.99 Å². The van der Waals surface area contributed by atoms with Crippen molar-refractivity contribution in [3.63, 3.8) is 0 Å². The molecule has 0 atom stereocenters. The summed E-state index contributed by atoms with van der Waals surface area (Å²) in [5.74, 6) is 32.0. The summed E-state index contributed by atoms with van der Waals surface area (Å²) in [5.41, 5.74) is 0. The summed E-state index contributed by atoms with van der Waals surface area (Å²) in [7, 11) is 0. The second-order valence-electron chi connectivity index (χ2n) is 9.59. The van der Waals surface area contributed by atoms with E-state index in [4.69, 9.17) is 9.47 Å². The Morgan fingerprint density at radius 3 is 1.40 bits per heavy atom. The van der Waals surface area contributed by atoms with Gasteiger partial charge >= 0.3 is 12.1 Å². The summed E-state index contributed by atoms with van der Waals surface area (Å²) in [5, 5.41) is 0.